The van der Waals surface area contributed by atoms with Crippen LogP contribution in [-0.2, 0) is 0 Å². The van der Waals surface area contributed by atoms with Gasteiger partial charge in [-0.3, -0.25) is 0 Å². The van der Waals surface area contributed by atoms with E-state index in [0.717, 1.165) is 12.6 Å². The van der Waals surface area contributed by atoms with Crippen LogP contribution in [0.4, 0.5) is 24.5 Å². The molecule has 1 aromatic rings. The fourth-order valence-corrected chi connectivity index (χ4v) is 2.29. The smallest absolute Gasteiger partial charge is 0.387 e. The van der Waals surface area contributed by atoms with E-state index in [1.54, 1.807) is 0 Å². The van der Waals surface area contributed by atoms with Crippen LogP contribution in [0.5, 0.6) is 5.75 Å². The normalized spacial score (nSPS) is 20.5. The van der Waals surface area contributed by atoms with Crippen LogP contribution in [0.25, 0.3) is 0 Å². The Labute approximate surface area is 115 Å². The average molecular weight is 289 g/mol. The molecule has 1 aliphatic heterocycles. The number of nitrogens with zero attached hydrogens (tertiary/aromatic N) is 2. The molecule has 1 heterocycles. The fourth-order valence-electron chi connectivity index (χ4n) is 2.29. The highest BCUT2D eigenvalue weighted by Gasteiger charge is 2.24. The van der Waals surface area contributed by atoms with Gasteiger partial charge in [0.25, 0.3) is 0 Å². The zero-order valence-electron chi connectivity index (χ0n) is 11.4. The first-order valence-corrected chi connectivity index (χ1v) is 6.37. The third kappa shape index (κ3) is 3.09. The minimum Gasteiger partial charge on any atom is -0.432 e. The van der Waals surface area contributed by atoms with Gasteiger partial charge in [0.15, 0.2) is 11.6 Å². The van der Waals surface area contributed by atoms with E-state index >= 15 is 0 Å². The molecule has 1 unspecified atom stereocenters. The van der Waals surface area contributed by atoms with Gasteiger partial charge in [0.2, 0.25) is 0 Å². The molecule has 112 valence electrons. The zero-order chi connectivity index (χ0) is 14.9. The van der Waals surface area contributed by atoms with Crippen molar-refractivity contribution in [1.29, 1.82) is 0 Å². The van der Waals surface area contributed by atoms with Gasteiger partial charge in [0.1, 0.15) is 0 Å². The second-order valence-corrected chi connectivity index (χ2v) is 5.00. The van der Waals surface area contributed by atoms with Gasteiger partial charge < -0.3 is 20.3 Å². The number of nitrogen functional groups attached to an aromatic ring is 1. The summed E-state index contributed by atoms with van der Waals surface area (Å²) in [6, 6.07) is 2.57. The van der Waals surface area contributed by atoms with E-state index in [4.69, 9.17) is 5.73 Å². The predicted octanol–water partition coefficient (Wildman–Crippen LogP) is 2.15. The largest absolute Gasteiger partial charge is 0.432 e. The summed E-state index contributed by atoms with van der Waals surface area (Å²) < 4.78 is 42.2. The summed E-state index contributed by atoms with van der Waals surface area (Å²) in [4.78, 5) is 4.14. The van der Waals surface area contributed by atoms with Gasteiger partial charge in [-0.2, -0.15) is 8.78 Å². The zero-order valence-corrected chi connectivity index (χ0v) is 11.4. The van der Waals surface area contributed by atoms with Gasteiger partial charge in [0.05, 0.1) is 11.4 Å². The lowest BCUT2D eigenvalue weighted by Crippen LogP contribution is -2.50. The van der Waals surface area contributed by atoms with Crippen LogP contribution in [0.2, 0.25) is 0 Å². The molecule has 1 saturated heterocycles. The molecule has 0 aliphatic carbocycles. The summed E-state index contributed by atoms with van der Waals surface area (Å²) in [6.45, 7) is 1.21. The molecule has 1 aromatic carbocycles. The number of ether oxygens (including phenoxy) is 1. The van der Waals surface area contributed by atoms with E-state index in [1.165, 1.54) is 6.07 Å². The summed E-state index contributed by atoms with van der Waals surface area (Å²) in [7, 11) is 2.02. The maximum Gasteiger partial charge on any atom is 0.387 e. The number of nitrogens with two attached hydrogens (primary N) is 1. The Kier molecular flexibility index (Phi) is 4.27. The van der Waals surface area contributed by atoms with E-state index in [0.29, 0.717) is 24.8 Å². The highest BCUT2D eigenvalue weighted by atomic mass is 19.3. The number of anilines is 2. The molecule has 1 atom stereocenters. The molecular weight excluding hydrogens is 271 g/mol. The Morgan fingerprint density at radius 1 is 1.35 bits per heavy atom. The minimum absolute atomic E-state index is 0.223. The van der Waals surface area contributed by atoms with Crippen LogP contribution >= 0.6 is 0 Å². The van der Waals surface area contributed by atoms with Gasteiger partial charge in [0, 0.05) is 37.8 Å². The highest BCUT2D eigenvalue weighted by Crippen LogP contribution is 2.33. The molecule has 0 aromatic heterocycles. The van der Waals surface area contributed by atoms with E-state index in [1.807, 2.05) is 11.9 Å². The molecule has 0 saturated carbocycles. The monoisotopic (exact) mass is 289 g/mol. The number of piperazine rings is 1. The number of alkyl halides is 2. The summed E-state index contributed by atoms with van der Waals surface area (Å²) >= 11 is 0. The van der Waals surface area contributed by atoms with Crippen LogP contribution in [0.3, 0.4) is 0 Å². The Bertz CT molecular complexity index is 484. The van der Waals surface area contributed by atoms with Crippen LogP contribution in [0.15, 0.2) is 12.1 Å². The van der Waals surface area contributed by atoms with E-state index in [2.05, 4.69) is 16.6 Å². The molecule has 2 rings (SSSR count). The molecule has 0 radical (unpaired) electrons. The lowest BCUT2D eigenvalue weighted by molar-refractivity contribution is -0.0521. The van der Waals surface area contributed by atoms with Crippen LogP contribution in [0.1, 0.15) is 6.92 Å². The Morgan fingerprint density at radius 3 is 2.65 bits per heavy atom. The number of halogens is 3. The average Bonchev–Trinajstić information content (AvgIpc) is 2.36. The van der Waals surface area contributed by atoms with Crippen molar-refractivity contribution in [1.82, 2.24) is 4.90 Å². The van der Waals surface area contributed by atoms with Crippen molar-refractivity contribution < 1.29 is 17.9 Å². The Morgan fingerprint density at radius 2 is 2.05 bits per heavy atom. The molecule has 1 fully saturated rings. The minimum atomic E-state index is -3.06. The molecular formula is C13H18F3N3O. The first-order valence-electron chi connectivity index (χ1n) is 6.37. The lowest BCUT2D eigenvalue weighted by atomic mass is 10.1. The third-order valence-corrected chi connectivity index (χ3v) is 3.60. The summed E-state index contributed by atoms with van der Waals surface area (Å²) in [6.07, 6.45) is 0. The second kappa shape index (κ2) is 5.78. The van der Waals surface area contributed by atoms with Crippen molar-refractivity contribution >= 4 is 11.4 Å². The third-order valence-electron chi connectivity index (χ3n) is 3.60. The van der Waals surface area contributed by atoms with Crippen LogP contribution in [-0.4, -0.2) is 44.2 Å². The van der Waals surface area contributed by atoms with E-state index in [9.17, 15) is 13.2 Å². The van der Waals surface area contributed by atoms with Crippen molar-refractivity contribution in [3.8, 4) is 5.75 Å². The van der Waals surface area contributed by atoms with E-state index < -0.39 is 18.2 Å². The van der Waals surface area contributed by atoms with Crippen molar-refractivity contribution in [2.24, 2.45) is 0 Å². The summed E-state index contributed by atoms with van der Waals surface area (Å²) in [5.41, 5.74) is 6.55. The topological polar surface area (TPSA) is 41.7 Å². The van der Waals surface area contributed by atoms with Crippen molar-refractivity contribution in [2.45, 2.75) is 19.6 Å². The van der Waals surface area contributed by atoms with Crippen molar-refractivity contribution in [2.75, 3.05) is 37.3 Å². The molecule has 4 nitrogen and oxygen atoms in total. The van der Waals surface area contributed by atoms with E-state index in [-0.39, 0.29) is 5.69 Å². The molecule has 0 amide bonds. The quantitative estimate of drug-likeness (QED) is 0.866. The molecule has 2 N–H and O–H groups in total. The van der Waals surface area contributed by atoms with Gasteiger partial charge >= 0.3 is 6.61 Å². The van der Waals surface area contributed by atoms with Crippen molar-refractivity contribution in [3.63, 3.8) is 0 Å². The first kappa shape index (κ1) is 14.8. The molecule has 0 bridgehead atoms. The SMILES string of the molecule is CC1CN(c2cc(OC(F)F)c(F)cc2N)CCN1C. The Hall–Kier alpha value is -1.63. The molecule has 7 heteroatoms. The van der Waals surface area contributed by atoms with Gasteiger partial charge in [-0.25, -0.2) is 4.39 Å². The number of benzene rings is 1. The Balaban J connectivity index is 2.27. The second-order valence-electron chi connectivity index (χ2n) is 5.00. The lowest BCUT2D eigenvalue weighted by Gasteiger charge is -2.39. The standard InChI is InChI=1S/C13H18F3N3O/c1-8-7-19(4-3-18(8)2)11-6-12(20-13(15)16)9(14)5-10(11)17/h5-6,8,13H,3-4,7,17H2,1-2H3. The molecule has 1 aliphatic rings. The molecule has 0 spiro atoms. The first-order chi connectivity index (χ1) is 9.38. The predicted molar refractivity (Wildman–Crippen MR) is 71.7 cm³/mol. The highest BCUT2D eigenvalue weighted by molar-refractivity contribution is 5.70. The van der Waals surface area contributed by atoms with Crippen LogP contribution in [0, 0.1) is 5.82 Å². The van der Waals surface area contributed by atoms with Gasteiger partial charge in [-0.15, -0.1) is 0 Å². The maximum absolute atomic E-state index is 13.5. The number of hydrogen-bond acceptors (Lipinski definition) is 4. The maximum atomic E-state index is 13.5. The van der Waals surface area contributed by atoms with Gasteiger partial charge in [-0.05, 0) is 14.0 Å². The number of hydrogen-bond donors (Lipinski definition) is 1. The fraction of sp³-hybridized carbons (Fsp3) is 0.538. The van der Waals surface area contributed by atoms with Crippen LogP contribution < -0.4 is 15.4 Å². The molecule has 20 heavy (non-hydrogen) atoms. The van der Waals surface area contributed by atoms with Gasteiger partial charge in [-0.1, -0.05) is 0 Å². The summed E-state index contributed by atoms with van der Waals surface area (Å²) in [5.74, 6) is -1.36. The number of likely N-dealkylation sites (N-methyl/N-ethyl adjacent to an activating group) is 1. The number of rotatable bonds is 3. The van der Waals surface area contributed by atoms with Crippen molar-refractivity contribution in [3.05, 3.63) is 17.9 Å². The summed E-state index contributed by atoms with van der Waals surface area (Å²) in [5, 5.41) is 0.